The summed E-state index contributed by atoms with van der Waals surface area (Å²) < 4.78 is 26.5. The van der Waals surface area contributed by atoms with Crippen molar-refractivity contribution in [3.05, 3.63) is 0 Å². The van der Waals surface area contributed by atoms with Crippen LogP contribution in [-0.2, 0) is 10.2 Å². The summed E-state index contributed by atoms with van der Waals surface area (Å²) in [5, 5.41) is 0. The summed E-state index contributed by atoms with van der Waals surface area (Å²) in [5.41, 5.74) is 0. The van der Waals surface area contributed by atoms with E-state index < -0.39 is 10.2 Å². The topological polar surface area (TPSA) is 58.2 Å². The number of hydrogen-bond donors (Lipinski definition) is 2. The molecular weight excluding hydrogens is 164 g/mol. The average molecular weight is 174 g/mol. The molecule has 62 valence electrons. The van der Waals surface area contributed by atoms with Gasteiger partial charge in [-0.25, -0.2) is 0 Å². The molecule has 0 aromatic rings. The minimum Gasteiger partial charge on any atom is -0.199 e. The normalized spacial score (nSPS) is 17.7. The van der Waals surface area contributed by atoms with Gasteiger partial charge in [0.15, 0.2) is 0 Å². The van der Waals surface area contributed by atoms with Crippen molar-refractivity contribution in [2.45, 2.75) is 18.9 Å². The van der Waals surface area contributed by atoms with Crippen molar-refractivity contribution in [1.82, 2.24) is 9.44 Å². The highest BCUT2D eigenvalue weighted by Gasteiger charge is 2.26. The number of nitrogens with one attached hydrogen (secondary N) is 2. The van der Waals surface area contributed by atoms with Crippen molar-refractivity contribution >= 4 is 10.2 Å². The third-order valence-electron chi connectivity index (χ3n) is 1.26. The lowest BCUT2D eigenvalue weighted by molar-refractivity contribution is 0.570. The van der Waals surface area contributed by atoms with Crippen LogP contribution in [0.4, 0.5) is 0 Å². The molecule has 0 unspecified atom stereocenters. The molecule has 11 heavy (non-hydrogen) atoms. The maximum atomic E-state index is 10.9. The first-order valence-electron chi connectivity index (χ1n) is 3.34. The quantitative estimate of drug-likeness (QED) is 0.548. The van der Waals surface area contributed by atoms with Crippen LogP contribution in [0.3, 0.4) is 0 Å². The van der Waals surface area contributed by atoms with Crippen LogP contribution >= 0.6 is 0 Å². The van der Waals surface area contributed by atoms with E-state index in [2.05, 4.69) is 15.4 Å². The number of hydrogen-bond acceptors (Lipinski definition) is 2. The fourth-order valence-electron chi connectivity index (χ4n) is 0.599. The van der Waals surface area contributed by atoms with E-state index in [0.717, 1.165) is 12.8 Å². The van der Waals surface area contributed by atoms with Gasteiger partial charge in [0.05, 0.1) is 6.54 Å². The van der Waals surface area contributed by atoms with Crippen LogP contribution in [0.2, 0.25) is 0 Å². The van der Waals surface area contributed by atoms with Gasteiger partial charge in [0, 0.05) is 6.04 Å². The summed E-state index contributed by atoms with van der Waals surface area (Å²) >= 11 is 0. The maximum absolute atomic E-state index is 10.9. The predicted molar refractivity (Wildman–Crippen MR) is 41.9 cm³/mol. The van der Waals surface area contributed by atoms with Crippen LogP contribution in [0.1, 0.15) is 12.8 Å². The van der Waals surface area contributed by atoms with Gasteiger partial charge in [0.25, 0.3) is 10.2 Å². The van der Waals surface area contributed by atoms with E-state index in [1.54, 1.807) is 0 Å². The van der Waals surface area contributed by atoms with Gasteiger partial charge in [-0.1, -0.05) is 5.92 Å². The first-order valence-corrected chi connectivity index (χ1v) is 4.83. The number of terminal acetylenes is 1. The third-order valence-corrected chi connectivity index (χ3v) is 2.43. The molecule has 1 rings (SSSR count). The lowest BCUT2D eigenvalue weighted by Crippen LogP contribution is -2.37. The van der Waals surface area contributed by atoms with E-state index in [4.69, 9.17) is 6.42 Å². The van der Waals surface area contributed by atoms with Gasteiger partial charge in [-0.15, -0.1) is 6.42 Å². The van der Waals surface area contributed by atoms with Crippen molar-refractivity contribution in [1.29, 1.82) is 0 Å². The molecule has 1 fully saturated rings. The molecule has 0 bridgehead atoms. The van der Waals surface area contributed by atoms with E-state index in [1.165, 1.54) is 0 Å². The SMILES string of the molecule is C#CCNS(=O)(=O)NC1CC1. The summed E-state index contributed by atoms with van der Waals surface area (Å²) in [6, 6.07) is 0.130. The summed E-state index contributed by atoms with van der Waals surface area (Å²) in [6.07, 6.45) is 6.73. The summed E-state index contributed by atoms with van der Waals surface area (Å²) in [4.78, 5) is 0. The van der Waals surface area contributed by atoms with Crippen LogP contribution in [0.15, 0.2) is 0 Å². The van der Waals surface area contributed by atoms with Crippen molar-refractivity contribution in [3.8, 4) is 12.3 Å². The van der Waals surface area contributed by atoms with Crippen LogP contribution < -0.4 is 9.44 Å². The number of rotatable bonds is 4. The van der Waals surface area contributed by atoms with Crippen molar-refractivity contribution in [2.75, 3.05) is 6.54 Å². The van der Waals surface area contributed by atoms with Crippen LogP contribution in [0, 0.1) is 12.3 Å². The van der Waals surface area contributed by atoms with Gasteiger partial charge in [0.1, 0.15) is 0 Å². The van der Waals surface area contributed by atoms with Crippen LogP contribution in [-0.4, -0.2) is 21.0 Å². The molecule has 0 heterocycles. The molecule has 0 radical (unpaired) electrons. The molecule has 0 atom stereocenters. The third kappa shape index (κ3) is 3.37. The molecule has 0 amide bonds. The molecule has 1 saturated carbocycles. The van der Waals surface area contributed by atoms with E-state index in [0.29, 0.717) is 0 Å². The molecule has 0 aromatic heterocycles. The largest absolute Gasteiger partial charge is 0.278 e. The molecule has 5 heteroatoms. The zero-order valence-corrected chi connectivity index (χ0v) is 6.82. The first-order chi connectivity index (χ1) is 5.14. The van der Waals surface area contributed by atoms with E-state index in [-0.39, 0.29) is 12.6 Å². The summed E-state index contributed by atoms with van der Waals surface area (Å²) in [5.74, 6) is 2.19. The second kappa shape index (κ2) is 3.22. The Morgan fingerprint density at radius 1 is 1.55 bits per heavy atom. The van der Waals surface area contributed by atoms with Gasteiger partial charge in [-0.2, -0.15) is 17.9 Å². The lowest BCUT2D eigenvalue weighted by atomic mass is 10.7. The van der Waals surface area contributed by atoms with E-state index in [9.17, 15) is 8.42 Å². The van der Waals surface area contributed by atoms with E-state index >= 15 is 0 Å². The fraction of sp³-hybridized carbons (Fsp3) is 0.667. The van der Waals surface area contributed by atoms with Crippen LogP contribution in [0.5, 0.6) is 0 Å². The Balaban J connectivity index is 2.33. The van der Waals surface area contributed by atoms with E-state index in [1.807, 2.05) is 0 Å². The second-order valence-electron chi connectivity index (χ2n) is 2.42. The lowest BCUT2D eigenvalue weighted by Gasteiger charge is -2.02. The van der Waals surface area contributed by atoms with Gasteiger partial charge >= 0.3 is 0 Å². The molecule has 0 aliphatic heterocycles. The smallest absolute Gasteiger partial charge is 0.199 e. The first kappa shape index (κ1) is 8.53. The standard InChI is InChI=1S/C6H10N2O2S/c1-2-5-7-11(9,10)8-6-3-4-6/h1,6-8H,3-5H2. The molecule has 1 aliphatic rings. The van der Waals surface area contributed by atoms with Crippen molar-refractivity contribution in [2.24, 2.45) is 0 Å². The van der Waals surface area contributed by atoms with Crippen LogP contribution in [0.25, 0.3) is 0 Å². The minimum absolute atomic E-state index is 0.0437. The maximum Gasteiger partial charge on any atom is 0.278 e. The molecule has 1 aliphatic carbocycles. The molecule has 0 spiro atoms. The average Bonchev–Trinajstić information content (AvgIpc) is 2.67. The highest BCUT2D eigenvalue weighted by Crippen LogP contribution is 2.19. The van der Waals surface area contributed by atoms with Crippen molar-refractivity contribution in [3.63, 3.8) is 0 Å². The summed E-state index contributed by atoms with van der Waals surface area (Å²) in [6.45, 7) is 0.0437. The molecule has 4 nitrogen and oxygen atoms in total. The van der Waals surface area contributed by atoms with Gasteiger partial charge in [-0.3, -0.25) is 0 Å². The van der Waals surface area contributed by atoms with Gasteiger partial charge < -0.3 is 0 Å². The summed E-state index contributed by atoms with van der Waals surface area (Å²) in [7, 11) is -3.32. The second-order valence-corrected chi connectivity index (χ2v) is 3.95. The Hall–Kier alpha value is -0.570. The molecule has 0 saturated heterocycles. The monoisotopic (exact) mass is 174 g/mol. The molecular formula is C6H10N2O2S. The zero-order valence-electron chi connectivity index (χ0n) is 6.00. The fourth-order valence-corrected chi connectivity index (χ4v) is 1.63. The Morgan fingerprint density at radius 3 is 2.64 bits per heavy atom. The van der Waals surface area contributed by atoms with Gasteiger partial charge in [-0.05, 0) is 12.8 Å². The zero-order chi connectivity index (χ0) is 8.32. The molecule has 0 aromatic carbocycles. The Labute approximate surface area is 66.6 Å². The Morgan fingerprint density at radius 2 is 2.18 bits per heavy atom. The highest BCUT2D eigenvalue weighted by molar-refractivity contribution is 7.87. The minimum atomic E-state index is -3.32. The molecule has 2 N–H and O–H groups in total. The Bertz CT molecular complexity index is 261. The predicted octanol–water partition coefficient (Wildman–Crippen LogP) is -0.794. The van der Waals surface area contributed by atoms with Gasteiger partial charge in [0.2, 0.25) is 0 Å². The Kier molecular flexibility index (Phi) is 2.49. The highest BCUT2D eigenvalue weighted by atomic mass is 32.2. The van der Waals surface area contributed by atoms with Crippen molar-refractivity contribution < 1.29 is 8.42 Å².